The van der Waals surface area contributed by atoms with Crippen molar-refractivity contribution in [2.24, 2.45) is 0 Å². The standard InChI is InChI=1S/C17H20ClNO3S/c1-12(2)13-8-9-16(22-3)17(10-13)23(20,21)19-11-14-6-4-5-7-15(14)18/h4-10,12,19H,11H2,1-3H3. The van der Waals surface area contributed by atoms with Crippen LogP contribution >= 0.6 is 11.6 Å². The van der Waals surface area contributed by atoms with Gasteiger partial charge in [0.15, 0.2) is 0 Å². The fraction of sp³-hybridized carbons (Fsp3) is 0.294. The monoisotopic (exact) mass is 353 g/mol. The van der Waals surface area contributed by atoms with Crippen molar-refractivity contribution in [1.29, 1.82) is 0 Å². The van der Waals surface area contributed by atoms with Crippen LogP contribution in [0, 0.1) is 0 Å². The minimum atomic E-state index is -3.71. The first-order chi connectivity index (χ1) is 10.8. The van der Waals surface area contributed by atoms with E-state index in [4.69, 9.17) is 16.3 Å². The molecule has 0 saturated carbocycles. The molecule has 0 unspecified atom stereocenters. The normalized spacial score (nSPS) is 11.7. The molecule has 0 radical (unpaired) electrons. The highest BCUT2D eigenvalue weighted by molar-refractivity contribution is 7.89. The summed E-state index contributed by atoms with van der Waals surface area (Å²) in [5.74, 6) is 0.541. The average molecular weight is 354 g/mol. The van der Waals surface area contributed by atoms with Gasteiger partial charge in [-0.3, -0.25) is 0 Å². The van der Waals surface area contributed by atoms with E-state index in [0.717, 1.165) is 11.1 Å². The van der Waals surface area contributed by atoms with Crippen molar-refractivity contribution in [2.75, 3.05) is 7.11 Å². The zero-order chi connectivity index (χ0) is 17.0. The molecule has 1 N–H and O–H groups in total. The zero-order valence-electron chi connectivity index (χ0n) is 13.3. The summed E-state index contributed by atoms with van der Waals surface area (Å²) in [6.45, 7) is 4.14. The molecule has 2 aromatic rings. The summed E-state index contributed by atoms with van der Waals surface area (Å²) in [6, 6.07) is 12.3. The molecule has 2 aromatic carbocycles. The van der Waals surface area contributed by atoms with Crippen LogP contribution in [0.15, 0.2) is 47.4 Å². The molecule has 0 fully saturated rings. The Bertz CT molecular complexity index is 788. The molecule has 0 aliphatic rings. The molecular weight excluding hydrogens is 334 g/mol. The minimum Gasteiger partial charge on any atom is -0.495 e. The van der Waals surface area contributed by atoms with Crippen molar-refractivity contribution in [3.63, 3.8) is 0 Å². The Labute approximate surface area is 142 Å². The van der Waals surface area contributed by atoms with Crippen LogP contribution in [0.4, 0.5) is 0 Å². The summed E-state index contributed by atoms with van der Waals surface area (Å²) in [7, 11) is -2.25. The third-order valence-corrected chi connectivity index (χ3v) is 5.35. The van der Waals surface area contributed by atoms with Crippen molar-refractivity contribution in [3.05, 3.63) is 58.6 Å². The van der Waals surface area contributed by atoms with E-state index in [-0.39, 0.29) is 17.4 Å². The van der Waals surface area contributed by atoms with Gasteiger partial charge in [0.2, 0.25) is 10.0 Å². The molecule has 0 aromatic heterocycles. The Morgan fingerprint density at radius 3 is 2.48 bits per heavy atom. The van der Waals surface area contributed by atoms with E-state index in [1.165, 1.54) is 7.11 Å². The Morgan fingerprint density at radius 1 is 1.17 bits per heavy atom. The van der Waals surface area contributed by atoms with Gasteiger partial charge in [-0.1, -0.05) is 49.7 Å². The summed E-state index contributed by atoms with van der Waals surface area (Å²) in [4.78, 5) is 0.137. The molecule has 0 heterocycles. The average Bonchev–Trinajstić information content (AvgIpc) is 2.53. The second-order valence-electron chi connectivity index (χ2n) is 5.48. The highest BCUT2D eigenvalue weighted by Gasteiger charge is 2.20. The number of hydrogen-bond acceptors (Lipinski definition) is 3. The second-order valence-corrected chi connectivity index (χ2v) is 7.62. The SMILES string of the molecule is COc1ccc(C(C)C)cc1S(=O)(=O)NCc1ccccc1Cl. The van der Waals surface area contributed by atoms with Gasteiger partial charge >= 0.3 is 0 Å². The molecular formula is C17H20ClNO3S. The predicted octanol–water partition coefficient (Wildman–Crippen LogP) is 3.95. The number of methoxy groups -OCH3 is 1. The highest BCUT2D eigenvalue weighted by Crippen LogP contribution is 2.28. The molecule has 2 rings (SSSR count). The Morgan fingerprint density at radius 2 is 1.87 bits per heavy atom. The van der Waals surface area contributed by atoms with Crippen molar-refractivity contribution >= 4 is 21.6 Å². The van der Waals surface area contributed by atoms with E-state index >= 15 is 0 Å². The number of nitrogens with one attached hydrogen (secondary N) is 1. The molecule has 0 spiro atoms. The molecule has 6 heteroatoms. The van der Waals surface area contributed by atoms with Crippen LogP contribution in [0.1, 0.15) is 30.9 Å². The van der Waals surface area contributed by atoms with Crippen LogP contribution in [-0.4, -0.2) is 15.5 Å². The molecule has 0 aliphatic heterocycles. The molecule has 0 amide bonds. The Hall–Kier alpha value is -1.56. The van der Waals surface area contributed by atoms with Gasteiger partial charge in [0, 0.05) is 11.6 Å². The van der Waals surface area contributed by atoms with Crippen LogP contribution < -0.4 is 9.46 Å². The van der Waals surface area contributed by atoms with Crippen LogP contribution in [0.5, 0.6) is 5.75 Å². The van der Waals surface area contributed by atoms with E-state index in [9.17, 15) is 8.42 Å². The van der Waals surface area contributed by atoms with Crippen LogP contribution in [0.25, 0.3) is 0 Å². The van der Waals surface area contributed by atoms with Crippen LogP contribution in [0.3, 0.4) is 0 Å². The maximum Gasteiger partial charge on any atom is 0.244 e. The summed E-state index contributed by atoms with van der Waals surface area (Å²) >= 11 is 6.06. The van der Waals surface area contributed by atoms with Crippen LogP contribution in [0.2, 0.25) is 5.02 Å². The third kappa shape index (κ3) is 4.25. The summed E-state index contributed by atoms with van der Waals surface area (Å²) in [6.07, 6.45) is 0. The molecule has 0 saturated heterocycles. The van der Waals surface area contributed by atoms with Gasteiger partial charge in [0.25, 0.3) is 0 Å². The third-order valence-electron chi connectivity index (χ3n) is 3.55. The Balaban J connectivity index is 2.32. The smallest absolute Gasteiger partial charge is 0.244 e. The number of ether oxygens (including phenoxy) is 1. The van der Waals surface area contributed by atoms with E-state index in [2.05, 4.69) is 4.72 Å². The molecule has 0 aliphatic carbocycles. The molecule has 0 bridgehead atoms. The van der Waals surface area contributed by atoms with Gasteiger partial charge in [0.1, 0.15) is 10.6 Å². The van der Waals surface area contributed by atoms with Gasteiger partial charge in [-0.05, 0) is 35.2 Å². The molecule has 23 heavy (non-hydrogen) atoms. The van der Waals surface area contributed by atoms with Crippen molar-refractivity contribution in [3.8, 4) is 5.75 Å². The van der Waals surface area contributed by atoms with Gasteiger partial charge in [-0.2, -0.15) is 0 Å². The molecule has 0 atom stereocenters. The summed E-state index contributed by atoms with van der Waals surface area (Å²) < 4.78 is 33.1. The lowest BCUT2D eigenvalue weighted by Crippen LogP contribution is -2.24. The number of sulfonamides is 1. The summed E-state index contributed by atoms with van der Waals surface area (Å²) in [5, 5.41) is 0.526. The van der Waals surface area contributed by atoms with E-state index in [1.807, 2.05) is 26.0 Å². The van der Waals surface area contributed by atoms with Gasteiger partial charge in [0.05, 0.1) is 7.11 Å². The first kappa shape index (κ1) is 17.8. The van der Waals surface area contributed by atoms with Gasteiger partial charge in [-0.25, -0.2) is 13.1 Å². The van der Waals surface area contributed by atoms with Gasteiger partial charge < -0.3 is 4.74 Å². The largest absolute Gasteiger partial charge is 0.495 e. The molecule has 124 valence electrons. The first-order valence-electron chi connectivity index (χ1n) is 7.26. The maximum absolute atomic E-state index is 12.6. The number of hydrogen-bond donors (Lipinski definition) is 1. The lowest BCUT2D eigenvalue weighted by molar-refractivity contribution is 0.402. The van der Waals surface area contributed by atoms with E-state index < -0.39 is 10.0 Å². The van der Waals surface area contributed by atoms with E-state index in [0.29, 0.717) is 10.8 Å². The molecule has 4 nitrogen and oxygen atoms in total. The zero-order valence-corrected chi connectivity index (χ0v) is 14.9. The van der Waals surface area contributed by atoms with Crippen molar-refractivity contribution < 1.29 is 13.2 Å². The number of halogens is 1. The second kappa shape index (κ2) is 7.34. The lowest BCUT2D eigenvalue weighted by Gasteiger charge is -2.14. The number of benzene rings is 2. The van der Waals surface area contributed by atoms with E-state index in [1.54, 1.807) is 30.3 Å². The Kier molecular flexibility index (Phi) is 5.68. The van der Waals surface area contributed by atoms with Gasteiger partial charge in [-0.15, -0.1) is 0 Å². The quantitative estimate of drug-likeness (QED) is 0.855. The predicted molar refractivity (Wildman–Crippen MR) is 92.6 cm³/mol. The van der Waals surface area contributed by atoms with Crippen molar-refractivity contribution in [1.82, 2.24) is 4.72 Å². The maximum atomic E-state index is 12.6. The van der Waals surface area contributed by atoms with Crippen LogP contribution in [-0.2, 0) is 16.6 Å². The highest BCUT2D eigenvalue weighted by atomic mass is 35.5. The minimum absolute atomic E-state index is 0.122. The fourth-order valence-corrected chi connectivity index (χ4v) is 3.57. The number of rotatable bonds is 6. The summed E-state index contributed by atoms with van der Waals surface area (Å²) in [5.41, 5.74) is 1.65. The van der Waals surface area contributed by atoms with Crippen molar-refractivity contribution in [2.45, 2.75) is 31.2 Å². The lowest BCUT2D eigenvalue weighted by atomic mass is 10.0. The first-order valence-corrected chi connectivity index (χ1v) is 9.12. The topological polar surface area (TPSA) is 55.4 Å². The fourth-order valence-electron chi connectivity index (χ4n) is 2.15.